The second-order valence-corrected chi connectivity index (χ2v) is 6.17. The van der Waals surface area contributed by atoms with E-state index in [2.05, 4.69) is 4.90 Å². The van der Waals surface area contributed by atoms with Gasteiger partial charge in [0.25, 0.3) is 0 Å². The van der Waals surface area contributed by atoms with Crippen LogP contribution in [0.25, 0.3) is 0 Å². The van der Waals surface area contributed by atoms with Crippen LogP contribution in [-0.4, -0.2) is 47.8 Å². The van der Waals surface area contributed by atoms with E-state index in [0.29, 0.717) is 0 Å². The molecule has 0 radical (unpaired) electrons. The van der Waals surface area contributed by atoms with Crippen molar-refractivity contribution in [1.29, 1.82) is 0 Å². The Morgan fingerprint density at radius 1 is 1.23 bits per heavy atom. The summed E-state index contributed by atoms with van der Waals surface area (Å²) in [5.74, 6) is 0.395. The van der Waals surface area contributed by atoms with Crippen LogP contribution < -0.4 is 5.11 Å². The fraction of sp³-hybridized carbons (Fsp3) is 0.588. The van der Waals surface area contributed by atoms with E-state index < -0.39 is 12.1 Å². The first-order valence-corrected chi connectivity index (χ1v) is 7.64. The van der Waals surface area contributed by atoms with Gasteiger partial charge >= 0.3 is 0 Å². The molecular weight excluding hydrogens is 282 g/mol. The molecule has 0 bridgehead atoms. The molecule has 1 aromatic carbocycles. The van der Waals surface area contributed by atoms with Gasteiger partial charge in [-0.15, -0.1) is 0 Å². The van der Waals surface area contributed by atoms with Gasteiger partial charge in [0.1, 0.15) is 5.75 Å². The Morgan fingerprint density at radius 2 is 1.73 bits per heavy atom. The summed E-state index contributed by atoms with van der Waals surface area (Å²) < 4.78 is 0. The van der Waals surface area contributed by atoms with Crippen LogP contribution in [0.15, 0.2) is 24.3 Å². The lowest BCUT2D eigenvalue weighted by Crippen LogP contribution is -2.42. The highest BCUT2D eigenvalue weighted by Gasteiger charge is 2.38. The number of aliphatic hydroxyl groups is 1. The monoisotopic (exact) mass is 308 g/mol. The van der Waals surface area contributed by atoms with E-state index in [0.717, 1.165) is 37.8 Å². The second kappa shape index (κ2) is 8.76. The topological polar surface area (TPSA) is 83.8 Å². The average Bonchev–Trinajstić information content (AvgIpc) is 2.47. The van der Waals surface area contributed by atoms with Gasteiger partial charge in [-0.05, 0) is 44.6 Å². The molecule has 0 saturated heterocycles. The zero-order valence-corrected chi connectivity index (χ0v) is 13.4. The van der Waals surface area contributed by atoms with Crippen molar-refractivity contribution >= 4 is 6.47 Å². The van der Waals surface area contributed by atoms with E-state index in [1.54, 1.807) is 12.1 Å². The lowest BCUT2D eigenvalue weighted by molar-refractivity contribution is -0.283. The number of benzene rings is 1. The minimum atomic E-state index is -0.598. The van der Waals surface area contributed by atoms with Crippen LogP contribution in [0.1, 0.15) is 43.6 Å². The largest absolute Gasteiger partial charge is 0.554 e. The van der Waals surface area contributed by atoms with Crippen molar-refractivity contribution in [2.24, 2.45) is 0 Å². The number of carbonyl (C=O) groups is 1. The summed E-state index contributed by atoms with van der Waals surface area (Å²) in [5, 5.41) is 28.7. The van der Waals surface area contributed by atoms with Crippen LogP contribution >= 0.6 is 0 Å². The molecule has 1 aliphatic carbocycles. The predicted octanol–water partition coefficient (Wildman–Crippen LogP) is 1.10. The molecule has 1 aliphatic rings. The standard InChI is InChI=1S/C16H25NO2.CH2O2/c1-17(2)12-15(13-6-8-14(18)9-7-13)16(19)10-4-3-5-11-16;2-1-3/h6-9,15,18-19H,3-5,10-12H2,1-2H3;1H,(H,2,3)/p-1. The van der Waals surface area contributed by atoms with Crippen LogP contribution in [0.5, 0.6) is 5.75 Å². The zero-order chi connectivity index (χ0) is 16.6. The van der Waals surface area contributed by atoms with Crippen LogP contribution in [0.4, 0.5) is 0 Å². The molecule has 1 saturated carbocycles. The number of phenolic OH excluding ortho intramolecular Hbond substituents is 1. The summed E-state index contributed by atoms with van der Waals surface area (Å²) in [5.41, 5.74) is 0.523. The van der Waals surface area contributed by atoms with Crippen LogP contribution in [0.3, 0.4) is 0 Å². The van der Waals surface area contributed by atoms with E-state index in [1.807, 2.05) is 26.2 Å². The number of hydrogen-bond acceptors (Lipinski definition) is 5. The Balaban J connectivity index is 0.000000745. The van der Waals surface area contributed by atoms with Gasteiger partial charge in [-0.2, -0.15) is 0 Å². The smallest absolute Gasteiger partial charge is 0.115 e. The summed E-state index contributed by atoms with van der Waals surface area (Å²) in [6, 6.07) is 7.31. The van der Waals surface area contributed by atoms with Gasteiger partial charge in [0.15, 0.2) is 0 Å². The van der Waals surface area contributed by atoms with Crippen molar-refractivity contribution in [2.75, 3.05) is 20.6 Å². The Kier molecular flexibility index (Phi) is 7.35. The van der Waals surface area contributed by atoms with Gasteiger partial charge in [0, 0.05) is 18.9 Å². The van der Waals surface area contributed by atoms with Crippen molar-refractivity contribution in [3.8, 4) is 5.75 Å². The first kappa shape index (κ1) is 18.5. The third kappa shape index (κ3) is 5.31. The zero-order valence-electron chi connectivity index (χ0n) is 13.4. The number of rotatable bonds is 4. The van der Waals surface area contributed by atoms with Crippen molar-refractivity contribution in [1.82, 2.24) is 4.90 Å². The SMILES string of the molecule is CN(C)CC(c1ccc(O)cc1)C1(O)CCCCC1.O=C[O-]. The van der Waals surface area contributed by atoms with E-state index in [1.165, 1.54) is 6.42 Å². The van der Waals surface area contributed by atoms with Gasteiger partial charge in [-0.3, -0.25) is 0 Å². The first-order chi connectivity index (χ1) is 10.4. The number of likely N-dealkylation sites (N-methyl/N-ethyl adjacent to an activating group) is 1. The van der Waals surface area contributed by atoms with Gasteiger partial charge in [0.2, 0.25) is 0 Å². The lowest BCUT2D eigenvalue weighted by Gasteiger charge is -2.40. The average molecular weight is 308 g/mol. The van der Waals surface area contributed by atoms with E-state index in [9.17, 15) is 10.2 Å². The molecule has 124 valence electrons. The summed E-state index contributed by atoms with van der Waals surface area (Å²) in [6.07, 6.45) is 5.21. The molecule has 5 heteroatoms. The summed E-state index contributed by atoms with van der Waals surface area (Å²) >= 11 is 0. The molecule has 1 unspecified atom stereocenters. The summed E-state index contributed by atoms with van der Waals surface area (Å²) in [6.45, 7) is 0.335. The molecule has 1 aromatic rings. The summed E-state index contributed by atoms with van der Waals surface area (Å²) in [7, 11) is 4.08. The Bertz CT molecular complexity index is 438. The van der Waals surface area contributed by atoms with Crippen LogP contribution in [0, 0.1) is 0 Å². The molecule has 0 spiro atoms. The molecular formula is C17H26NO4-. The molecule has 2 N–H and O–H groups in total. The molecule has 0 heterocycles. The van der Waals surface area contributed by atoms with Gasteiger partial charge in [-0.1, -0.05) is 31.4 Å². The maximum absolute atomic E-state index is 11.0. The minimum absolute atomic E-state index is 0.114. The maximum Gasteiger partial charge on any atom is 0.115 e. The normalized spacial score (nSPS) is 18.2. The lowest BCUT2D eigenvalue weighted by atomic mass is 9.72. The molecule has 22 heavy (non-hydrogen) atoms. The molecule has 5 nitrogen and oxygen atoms in total. The van der Waals surface area contributed by atoms with Gasteiger partial charge in [0.05, 0.1) is 5.60 Å². The minimum Gasteiger partial charge on any atom is -0.554 e. The molecule has 0 aromatic heterocycles. The van der Waals surface area contributed by atoms with E-state index >= 15 is 0 Å². The number of phenols is 1. The van der Waals surface area contributed by atoms with E-state index in [4.69, 9.17) is 9.90 Å². The molecule has 1 fully saturated rings. The fourth-order valence-corrected chi connectivity index (χ4v) is 3.17. The molecule has 0 aliphatic heterocycles. The van der Waals surface area contributed by atoms with Crippen molar-refractivity contribution in [3.63, 3.8) is 0 Å². The Hall–Kier alpha value is -1.59. The molecule has 0 amide bonds. The quantitative estimate of drug-likeness (QED) is 0.814. The highest BCUT2D eigenvalue weighted by molar-refractivity contribution is 5.30. The second-order valence-electron chi connectivity index (χ2n) is 6.17. The molecule has 2 rings (SSSR count). The first-order valence-electron chi connectivity index (χ1n) is 7.64. The number of hydrogen-bond donors (Lipinski definition) is 2. The fourth-order valence-electron chi connectivity index (χ4n) is 3.17. The predicted molar refractivity (Wildman–Crippen MR) is 83.5 cm³/mol. The van der Waals surface area contributed by atoms with Crippen molar-refractivity contribution < 1.29 is 20.1 Å². The third-order valence-corrected chi connectivity index (χ3v) is 4.21. The van der Waals surface area contributed by atoms with Gasteiger partial charge < -0.3 is 25.0 Å². The Morgan fingerprint density at radius 3 is 2.18 bits per heavy atom. The summed E-state index contributed by atoms with van der Waals surface area (Å²) in [4.78, 5) is 10.4. The highest BCUT2D eigenvalue weighted by Crippen LogP contribution is 2.40. The number of carbonyl (C=O) groups excluding carboxylic acids is 1. The van der Waals surface area contributed by atoms with Crippen LogP contribution in [-0.2, 0) is 4.79 Å². The van der Waals surface area contributed by atoms with Gasteiger partial charge in [-0.25, -0.2) is 0 Å². The van der Waals surface area contributed by atoms with E-state index in [-0.39, 0.29) is 11.7 Å². The number of carboxylic acid groups (broad SMARTS) is 1. The third-order valence-electron chi connectivity index (χ3n) is 4.21. The molecule has 1 atom stereocenters. The van der Waals surface area contributed by atoms with Crippen LogP contribution in [0.2, 0.25) is 0 Å². The highest BCUT2D eigenvalue weighted by atomic mass is 16.3. The van der Waals surface area contributed by atoms with Crippen molar-refractivity contribution in [3.05, 3.63) is 29.8 Å². The number of nitrogens with zero attached hydrogens (tertiary/aromatic N) is 1. The Labute approximate surface area is 132 Å². The van der Waals surface area contributed by atoms with Crippen molar-refractivity contribution in [2.45, 2.75) is 43.6 Å². The maximum atomic E-state index is 11.0. The number of aromatic hydroxyl groups is 1.